The van der Waals surface area contributed by atoms with Gasteiger partial charge in [0.15, 0.2) is 0 Å². The van der Waals surface area contributed by atoms with Gasteiger partial charge in [-0.2, -0.15) is 0 Å². The van der Waals surface area contributed by atoms with Crippen LogP contribution in [0.3, 0.4) is 0 Å². The summed E-state index contributed by atoms with van der Waals surface area (Å²) in [6, 6.07) is 3.93. The van der Waals surface area contributed by atoms with Crippen LogP contribution < -0.4 is 11.2 Å². The molecule has 1 unspecified atom stereocenters. The first-order valence-corrected chi connectivity index (χ1v) is 7.82. The fourth-order valence-electron chi connectivity index (χ4n) is 1.41. The number of hydrogen-bond acceptors (Lipinski definition) is 4. The molecule has 0 amide bonds. The Labute approximate surface area is 97.2 Å². The summed E-state index contributed by atoms with van der Waals surface area (Å²) in [7, 11) is 1.65. The van der Waals surface area contributed by atoms with Gasteiger partial charge in [-0.15, -0.1) is 0 Å². The molecule has 0 fully saturated rings. The monoisotopic (exact) mass is 241 g/mol. The van der Waals surface area contributed by atoms with Crippen molar-refractivity contribution < 1.29 is 4.57 Å². The van der Waals surface area contributed by atoms with E-state index in [1.165, 1.54) is 0 Å². The molecule has 1 atom stereocenters. The molecule has 1 rings (SSSR count). The number of rotatable bonds is 3. The Bertz CT molecular complexity index is 425. The van der Waals surface area contributed by atoms with Crippen LogP contribution in [0.1, 0.15) is 18.5 Å². The molecule has 4 nitrogen and oxygen atoms in total. The number of nitrogen functional groups attached to an aromatic ring is 1. The second-order valence-electron chi connectivity index (χ2n) is 4.63. The Hall–Kier alpha value is -0.860. The predicted octanol–water partition coefficient (Wildman–Crippen LogP) is 1.53. The van der Waals surface area contributed by atoms with E-state index >= 15 is 0 Å². The van der Waals surface area contributed by atoms with Crippen LogP contribution in [0.5, 0.6) is 0 Å². The Morgan fingerprint density at radius 2 is 1.94 bits per heavy atom. The van der Waals surface area contributed by atoms with Crippen LogP contribution in [0.15, 0.2) is 12.1 Å². The summed E-state index contributed by atoms with van der Waals surface area (Å²) < 4.78 is 11.9. The summed E-state index contributed by atoms with van der Waals surface area (Å²) >= 11 is 0. The lowest BCUT2D eigenvalue weighted by molar-refractivity contribution is 0.321. The van der Waals surface area contributed by atoms with Gasteiger partial charge in [-0.05, 0) is 40.4 Å². The van der Waals surface area contributed by atoms with E-state index in [1.807, 2.05) is 26.2 Å². The number of anilines is 1. The summed E-state index contributed by atoms with van der Waals surface area (Å²) in [5.74, 6) is 0.475. The zero-order valence-corrected chi connectivity index (χ0v) is 11.5. The largest absolute Gasteiger partial charge is 0.383 e. The number of nitrogens with two attached hydrogens (primary N) is 1. The van der Waals surface area contributed by atoms with Gasteiger partial charge in [0.05, 0.1) is 0 Å². The molecule has 0 aromatic carbocycles. The zero-order valence-electron chi connectivity index (χ0n) is 10.6. The minimum atomic E-state index is -2.32. The highest BCUT2D eigenvalue weighted by Gasteiger charge is 2.17. The van der Waals surface area contributed by atoms with E-state index in [4.69, 9.17) is 5.73 Å². The van der Waals surface area contributed by atoms with E-state index in [9.17, 15) is 4.57 Å². The van der Waals surface area contributed by atoms with Gasteiger partial charge in [-0.25, -0.2) is 4.98 Å². The molecular weight excluding hydrogens is 221 g/mol. The van der Waals surface area contributed by atoms with Crippen molar-refractivity contribution in [2.45, 2.75) is 13.0 Å². The predicted molar refractivity (Wildman–Crippen MR) is 69.8 cm³/mol. The number of nitrogens with zero attached hydrogens (tertiary/aromatic N) is 2. The van der Waals surface area contributed by atoms with Crippen LogP contribution in [0.25, 0.3) is 0 Å². The Morgan fingerprint density at radius 3 is 2.31 bits per heavy atom. The van der Waals surface area contributed by atoms with Crippen molar-refractivity contribution in [3.05, 3.63) is 17.7 Å². The minimum absolute atomic E-state index is 0.203. The number of hydrogen-bond donors (Lipinski definition) is 1. The van der Waals surface area contributed by atoms with Gasteiger partial charge in [0, 0.05) is 11.6 Å². The number of pyridine rings is 1. The average Bonchev–Trinajstić information content (AvgIpc) is 2.15. The molecule has 0 aliphatic heterocycles. The first kappa shape index (κ1) is 13.2. The molecule has 1 heterocycles. The van der Waals surface area contributed by atoms with Gasteiger partial charge in [0.2, 0.25) is 0 Å². The summed E-state index contributed by atoms with van der Waals surface area (Å²) in [5, 5.41) is 0. The van der Waals surface area contributed by atoms with Gasteiger partial charge in [-0.3, -0.25) is 0 Å². The Balaban J connectivity index is 3.15. The molecule has 90 valence electrons. The van der Waals surface area contributed by atoms with E-state index in [-0.39, 0.29) is 6.04 Å². The molecule has 0 saturated heterocycles. The fourth-order valence-corrected chi connectivity index (χ4v) is 2.19. The van der Waals surface area contributed by atoms with E-state index in [0.717, 1.165) is 5.56 Å². The van der Waals surface area contributed by atoms with Crippen LogP contribution in [0, 0.1) is 0 Å². The zero-order chi connectivity index (χ0) is 12.5. The summed E-state index contributed by atoms with van der Waals surface area (Å²) in [6.45, 7) is 5.46. The molecule has 2 N–H and O–H groups in total. The molecule has 0 bridgehead atoms. The van der Waals surface area contributed by atoms with Crippen molar-refractivity contribution in [1.29, 1.82) is 0 Å². The maximum atomic E-state index is 11.9. The quantitative estimate of drug-likeness (QED) is 0.815. The highest BCUT2D eigenvalue weighted by Crippen LogP contribution is 2.34. The standard InChI is InChI=1S/C11H20N3OP/c1-8(14(2)3)9-6-7-10(13-11(9)12)16(4,5)15/h6-8H,1-5H3,(H2,12,13). The van der Waals surface area contributed by atoms with Crippen LogP contribution in [0.2, 0.25) is 0 Å². The van der Waals surface area contributed by atoms with Crippen molar-refractivity contribution in [2.24, 2.45) is 0 Å². The maximum Gasteiger partial charge on any atom is 0.129 e. The topological polar surface area (TPSA) is 59.2 Å². The van der Waals surface area contributed by atoms with E-state index in [0.29, 0.717) is 11.3 Å². The summed E-state index contributed by atoms with van der Waals surface area (Å²) in [4.78, 5) is 6.30. The normalized spacial score (nSPS) is 14.1. The molecule has 1 aromatic rings. The second-order valence-corrected chi connectivity index (χ2v) is 7.79. The smallest absolute Gasteiger partial charge is 0.129 e. The van der Waals surface area contributed by atoms with Crippen molar-refractivity contribution in [3.8, 4) is 0 Å². The Morgan fingerprint density at radius 1 is 1.38 bits per heavy atom. The lowest BCUT2D eigenvalue weighted by atomic mass is 10.1. The van der Waals surface area contributed by atoms with Gasteiger partial charge >= 0.3 is 0 Å². The third-order valence-corrected chi connectivity index (χ3v) is 4.07. The van der Waals surface area contributed by atoms with E-state index in [2.05, 4.69) is 16.8 Å². The molecule has 5 heteroatoms. The van der Waals surface area contributed by atoms with Crippen molar-refractivity contribution in [1.82, 2.24) is 9.88 Å². The second kappa shape index (κ2) is 4.56. The van der Waals surface area contributed by atoms with Gasteiger partial charge in [-0.1, -0.05) is 6.07 Å². The first-order valence-electron chi connectivity index (χ1n) is 5.22. The average molecular weight is 241 g/mol. The maximum absolute atomic E-state index is 11.9. The lowest BCUT2D eigenvalue weighted by Gasteiger charge is -2.21. The molecular formula is C11H20N3OP. The molecule has 0 aliphatic rings. The molecule has 16 heavy (non-hydrogen) atoms. The molecule has 0 saturated carbocycles. The van der Waals surface area contributed by atoms with Crippen LogP contribution >= 0.6 is 7.14 Å². The molecule has 0 aliphatic carbocycles. The van der Waals surface area contributed by atoms with Gasteiger partial charge in [0.1, 0.15) is 18.4 Å². The molecule has 1 aromatic heterocycles. The first-order chi connectivity index (χ1) is 7.23. The summed E-state index contributed by atoms with van der Waals surface area (Å²) in [5.41, 5.74) is 7.47. The number of aromatic nitrogens is 1. The van der Waals surface area contributed by atoms with Crippen molar-refractivity contribution in [2.75, 3.05) is 33.2 Å². The van der Waals surface area contributed by atoms with E-state index < -0.39 is 7.14 Å². The third-order valence-electron chi connectivity index (χ3n) is 2.72. The highest BCUT2D eigenvalue weighted by molar-refractivity contribution is 7.69. The lowest BCUT2D eigenvalue weighted by Crippen LogP contribution is -2.20. The minimum Gasteiger partial charge on any atom is -0.383 e. The summed E-state index contributed by atoms with van der Waals surface area (Å²) in [6.07, 6.45) is 0. The molecule has 0 radical (unpaired) electrons. The van der Waals surface area contributed by atoms with Crippen LogP contribution in [-0.4, -0.2) is 37.3 Å². The van der Waals surface area contributed by atoms with Gasteiger partial charge < -0.3 is 15.2 Å². The third kappa shape index (κ3) is 2.83. The van der Waals surface area contributed by atoms with Crippen LogP contribution in [-0.2, 0) is 4.57 Å². The van der Waals surface area contributed by atoms with Crippen molar-refractivity contribution >= 4 is 18.4 Å². The van der Waals surface area contributed by atoms with Crippen LogP contribution in [0.4, 0.5) is 5.82 Å². The van der Waals surface area contributed by atoms with Gasteiger partial charge in [0.25, 0.3) is 0 Å². The fraction of sp³-hybridized carbons (Fsp3) is 0.545. The SMILES string of the molecule is CC(c1ccc(P(C)(C)=O)nc1N)N(C)C. The highest BCUT2D eigenvalue weighted by atomic mass is 31.2. The van der Waals surface area contributed by atoms with Crippen molar-refractivity contribution in [3.63, 3.8) is 0 Å². The Kier molecular flexibility index (Phi) is 3.76. The molecule has 0 spiro atoms. The van der Waals surface area contributed by atoms with E-state index in [1.54, 1.807) is 13.3 Å².